The first-order valence-electron chi connectivity index (χ1n) is 6.85. The second kappa shape index (κ2) is 7.69. The molecule has 10 heteroatoms. The molecule has 3 N–H and O–H groups in total. The lowest BCUT2D eigenvalue weighted by atomic mass is 10.3. The van der Waals surface area contributed by atoms with Crippen molar-refractivity contribution in [1.82, 2.24) is 4.98 Å². The highest BCUT2D eigenvalue weighted by Gasteiger charge is 2.32. The van der Waals surface area contributed by atoms with Gasteiger partial charge >= 0.3 is 6.18 Å². The second-order valence-corrected chi connectivity index (χ2v) is 4.80. The minimum absolute atomic E-state index is 0.0680. The van der Waals surface area contributed by atoms with Gasteiger partial charge in [-0.05, 0) is 24.3 Å². The Morgan fingerprint density at radius 1 is 1.12 bits per heavy atom. The minimum atomic E-state index is -4.57. The molecule has 2 rings (SSSR count). The molecule has 0 spiro atoms. The molecule has 25 heavy (non-hydrogen) atoms. The predicted molar refractivity (Wildman–Crippen MR) is 80.9 cm³/mol. The first-order valence-corrected chi connectivity index (χ1v) is 6.85. The van der Waals surface area contributed by atoms with Gasteiger partial charge in [0.2, 0.25) is 0 Å². The number of rotatable bonds is 6. The van der Waals surface area contributed by atoms with Crippen LogP contribution < -0.4 is 10.6 Å². The Morgan fingerprint density at radius 3 is 2.52 bits per heavy atom. The van der Waals surface area contributed by atoms with Crippen molar-refractivity contribution in [3.63, 3.8) is 0 Å². The molecule has 5 nitrogen and oxygen atoms in total. The first kappa shape index (κ1) is 18.3. The zero-order chi connectivity index (χ0) is 18.4. The fourth-order valence-electron chi connectivity index (χ4n) is 1.76. The molecule has 0 aliphatic heterocycles. The van der Waals surface area contributed by atoms with Gasteiger partial charge in [0.05, 0.1) is 12.2 Å². The Morgan fingerprint density at radius 2 is 1.88 bits per heavy atom. The highest BCUT2D eigenvalue weighted by atomic mass is 19.4. The zero-order valence-electron chi connectivity index (χ0n) is 12.5. The highest BCUT2D eigenvalue weighted by Crippen LogP contribution is 2.28. The molecule has 0 saturated carbocycles. The number of hydrogen-bond acceptors (Lipinski definition) is 5. The topological polar surface area (TPSA) is 73.2 Å². The Balaban J connectivity index is 2.02. The molecular weight excluding hydrogens is 345 g/mol. The maximum atomic E-state index is 13.1. The molecule has 0 bridgehead atoms. The van der Waals surface area contributed by atoms with Crippen LogP contribution in [0.25, 0.3) is 0 Å². The number of nitrogens with zero attached hydrogens (tertiary/aromatic N) is 2. The van der Waals surface area contributed by atoms with E-state index in [4.69, 9.17) is 5.53 Å². The van der Waals surface area contributed by atoms with Gasteiger partial charge in [0.25, 0.3) is 0 Å². The van der Waals surface area contributed by atoms with Crippen molar-refractivity contribution >= 4 is 11.4 Å². The molecule has 0 fully saturated rings. The number of aromatic nitrogens is 1. The molecule has 0 aliphatic rings. The summed E-state index contributed by atoms with van der Waals surface area (Å²) in [6, 6.07) is 5.28. The third kappa shape index (κ3) is 5.23. The summed E-state index contributed by atoms with van der Waals surface area (Å²) in [6.07, 6.45) is -2.31. The molecule has 0 radical (unpaired) electrons. The van der Waals surface area contributed by atoms with Crippen molar-refractivity contribution in [3.05, 3.63) is 65.8 Å². The lowest BCUT2D eigenvalue weighted by Crippen LogP contribution is -2.10. The van der Waals surface area contributed by atoms with Gasteiger partial charge in [-0.25, -0.2) is 14.3 Å². The third-order valence-electron chi connectivity index (χ3n) is 2.99. The van der Waals surface area contributed by atoms with Crippen LogP contribution >= 0.6 is 0 Å². The third-order valence-corrected chi connectivity index (χ3v) is 2.99. The summed E-state index contributed by atoms with van der Waals surface area (Å²) in [6.45, 7) is -0.0680. The number of alkyl halides is 3. The standard InChI is InChI=1S/C15H12F5N5/c16-12-2-1-9(5-13(12)17)23-7-11(25-21)8-24-10-3-4-22-14(6-10)15(18,19)20/h1-7,21,23H,8H2,(H,22,24)/b11-7-,25-21?. The van der Waals surface area contributed by atoms with Crippen molar-refractivity contribution in [2.75, 3.05) is 17.2 Å². The van der Waals surface area contributed by atoms with Gasteiger partial charge in [-0.3, -0.25) is 4.98 Å². The molecule has 1 aromatic carbocycles. The summed E-state index contributed by atoms with van der Waals surface area (Å²) in [5, 5.41) is 8.50. The van der Waals surface area contributed by atoms with E-state index >= 15 is 0 Å². The van der Waals surface area contributed by atoms with Gasteiger partial charge in [0, 0.05) is 29.8 Å². The van der Waals surface area contributed by atoms with Crippen LogP contribution in [0.5, 0.6) is 0 Å². The van der Waals surface area contributed by atoms with Crippen molar-refractivity contribution in [2.24, 2.45) is 5.11 Å². The van der Waals surface area contributed by atoms with Gasteiger partial charge in [-0.15, -0.1) is 0 Å². The first-order chi connectivity index (χ1) is 11.8. The molecule has 0 saturated heterocycles. The Hall–Kier alpha value is -3.04. The van der Waals surface area contributed by atoms with E-state index < -0.39 is 23.5 Å². The number of halogens is 5. The lowest BCUT2D eigenvalue weighted by molar-refractivity contribution is -0.141. The predicted octanol–water partition coefficient (Wildman–Crippen LogP) is 4.77. The summed E-state index contributed by atoms with van der Waals surface area (Å²) >= 11 is 0. The zero-order valence-corrected chi connectivity index (χ0v) is 12.5. The Labute approximate surface area is 139 Å². The molecule has 1 heterocycles. The number of benzene rings is 1. The lowest BCUT2D eigenvalue weighted by Gasteiger charge is -2.10. The Kier molecular flexibility index (Phi) is 5.63. The van der Waals surface area contributed by atoms with Gasteiger partial charge in [-0.2, -0.15) is 18.3 Å². The van der Waals surface area contributed by atoms with E-state index in [0.29, 0.717) is 0 Å². The molecule has 2 aromatic rings. The van der Waals surface area contributed by atoms with Crippen LogP contribution in [0.2, 0.25) is 0 Å². The molecule has 1 aromatic heterocycles. The maximum Gasteiger partial charge on any atom is 0.433 e. The number of hydrogen-bond donors (Lipinski definition) is 3. The van der Waals surface area contributed by atoms with Gasteiger partial charge < -0.3 is 10.6 Å². The monoisotopic (exact) mass is 357 g/mol. The molecule has 132 valence electrons. The van der Waals surface area contributed by atoms with Crippen LogP contribution in [0, 0.1) is 17.2 Å². The van der Waals surface area contributed by atoms with Gasteiger partial charge in [-0.1, -0.05) is 0 Å². The average molecular weight is 357 g/mol. The smallest absolute Gasteiger partial charge is 0.379 e. The highest BCUT2D eigenvalue weighted by molar-refractivity contribution is 5.48. The Bertz CT molecular complexity index is 788. The minimum Gasteiger partial charge on any atom is -0.379 e. The summed E-state index contributed by atoms with van der Waals surface area (Å²) < 4.78 is 63.7. The number of pyridine rings is 1. The fraction of sp³-hybridized carbons (Fsp3) is 0.133. The van der Waals surface area contributed by atoms with Gasteiger partial charge in [0.1, 0.15) is 5.69 Å². The molecule has 0 unspecified atom stereocenters. The van der Waals surface area contributed by atoms with E-state index in [2.05, 4.69) is 20.7 Å². The molecule has 0 amide bonds. The van der Waals surface area contributed by atoms with Crippen molar-refractivity contribution in [3.8, 4) is 0 Å². The molecule has 0 atom stereocenters. The largest absolute Gasteiger partial charge is 0.433 e. The summed E-state index contributed by atoms with van der Waals surface area (Å²) in [7, 11) is 0. The van der Waals surface area contributed by atoms with E-state index in [1.807, 2.05) is 0 Å². The van der Waals surface area contributed by atoms with Gasteiger partial charge in [0.15, 0.2) is 11.6 Å². The fourth-order valence-corrected chi connectivity index (χ4v) is 1.76. The van der Waals surface area contributed by atoms with Crippen LogP contribution in [-0.4, -0.2) is 11.5 Å². The quantitative estimate of drug-likeness (QED) is 0.515. The normalized spacial score (nSPS) is 12.0. The second-order valence-electron chi connectivity index (χ2n) is 4.80. The van der Waals surface area contributed by atoms with E-state index in [1.165, 1.54) is 18.3 Å². The van der Waals surface area contributed by atoms with E-state index in [0.717, 1.165) is 24.4 Å². The van der Waals surface area contributed by atoms with Crippen LogP contribution in [0.1, 0.15) is 5.69 Å². The SMILES string of the molecule is N=N/C(=C\Nc1ccc(F)c(F)c1)CNc1ccnc(C(F)(F)F)c1. The maximum absolute atomic E-state index is 13.1. The van der Waals surface area contributed by atoms with Crippen LogP contribution in [-0.2, 0) is 6.18 Å². The molecular formula is C15H12F5N5. The summed E-state index contributed by atoms with van der Waals surface area (Å²) in [5.41, 5.74) is 6.50. The van der Waals surface area contributed by atoms with Crippen LogP contribution in [0.4, 0.5) is 33.3 Å². The van der Waals surface area contributed by atoms with Crippen molar-refractivity contribution < 1.29 is 22.0 Å². The van der Waals surface area contributed by atoms with E-state index in [9.17, 15) is 22.0 Å². The average Bonchev–Trinajstić information content (AvgIpc) is 2.57. The van der Waals surface area contributed by atoms with Crippen molar-refractivity contribution in [2.45, 2.75) is 6.18 Å². The van der Waals surface area contributed by atoms with E-state index in [1.54, 1.807) is 0 Å². The number of nitrogens with one attached hydrogen (secondary N) is 3. The van der Waals surface area contributed by atoms with Crippen LogP contribution in [0.3, 0.4) is 0 Å². The van der Waals surface area contributed by atoms with Crippen molar-refractivity contribution in [1.29, 1.82) is 5.53 Å². The number of anilines is 2. The van der Waals surface area contributed by atoms with E-state index in [-0.39, 0.29) is 23.6 Å². The van der Waals surface area contributed by atoms with Crippen LogP contribution in [0.15, 0.2) is 53.5 Å². The summed E-state index contributed by atoms with van der Waals surface area (Å²) in [5.74, 6) is -2.04. The molecule has 0 aliphatic carbocycles. The summed E-state index contributed by atoms with van der Waals surface area (Å²) in [4.78, 5) is 3.23.